The van der Waals surface area contributed by atoms with Crippen molar-refractivity contribution in [2.75, 3.05) is 5.32 Å². The molecule has 0 radical (unpaired) electrons. The zero-order chi connectivity index (χ0) is 15.4. The van der Waals surface area contributed by atoms with E-state index in [9.17, 15) is 4.79 Å². The molecule has 0 fully saturated rings. The first-order valence-corrected chi connectivity index (χ1v) is 7.79. The number of nitrogens with one attached hydrogen (secondary N) is 2. The van der Waals surface area contributed by atoms with Gasteiger partial charge in [-0.1, -0.05) is 24.3 Å². The molecule has 0 saturated heterocycles. The standard InChI is InChI=1S/C16H16N4OS/c1-12-10-15(20(19-12)13-6-3-2-4-7-13)18-16(21)17-11-14-8-5-9-22-14/h2-10H,11H2,1H3,(H2,17,18,21). The molecule has 22 heavy (non-hydrogen) atoms. The molecular formula is C16H16N4OS. The van der Waals surface area contributed by atoms with Gasteiger partial charge in [0.05, 0.1) is 17.9 Å². The molecule has 0 aliphatic rings. The lowest BCUT2D eigenvalue weighted by atomic mass is 10.3. The van der Waals surface area contributed by atoms with Crippen LogP contribution in [0, 0.1) is 6.92 Å². The molecule has 3 aromatic rings. The van der Waals surface area contributed by atoms with E-state index in [0.29, 0.717) is 12.4 Å². The Bertz CT molecular complexity index is 750. The minimum Gasteiger partial charge on any atom is -0.333 e. The summed E-state index contributed by atoms with van der Waals surface area (Å²) in [6.45, 7) is 2.41. The number of rotatable bonds is 4. The van der Waals surface area contributed by atoms with Gasteiger partial charge in [-0.3, -0.25) is 5.32 Å². The lowest BCUT2D eigenvalue weighted by Gasteiger charge is -2.09. The van der Waals surface area contributed by atoms with Crippen molar-refractivity contribution in [3.8, 4) is 5.69 Å². The van der Waals surface area contributed by atoms with E-state index in [-0.39, 0.29) is 6.03 Å². The van der Waals surface area contributed by atoms with Crippen LogP contribution in [0.5, 0.6) is 0 Å². The quantitative estimate of drug-likeness (QED) is 0.774. The number of aromatic nitrogens is 2. The average molecular weight is 312 g/mol. The van der Waals surface area contributed by atoms with Crippen LogP contribution in [-0.4, -0.2) is 15.8 Å². The predicted molar refractivity (Wildman–Crippen MR) is 88.5 cm³/mol. The Balaban J connectivity index is 1.71. The van der Waals surface area contributed by atoms with Crippen molar-refractivity contribution in [2.24, 2.45) is 0 Å². The monoisotopic (exact) mass is 312 g/mol. The SMILES string of the molecule is Cc1cc(NC(=O)NCc2cccs2)n(-c2ccccc2)n1. The predicted octanol–water partition coefficient (Wildman–Crippen LogP) is 3.56. The summed E-state index contributed by atoms with van der Waals surface area (Å²) in [5.74, 6) is 0.646. The van der Waals surface area contributed by atoms with Crippen molar-refractivity contribution in [3.63, 3.8) is 0 Å². The molecule has 0 spiro atoms. The molecule has 5 nitrogen and oxygen atoms in total. The molecule has 1 aromatic carbocycles. The summed E-state index contributed by atoms with van der Waals surface area (Å²) in [6, 6.07) is 15.3. The van der Waals surface area contributed by atoms with Gasteiger partial charge in [0, 0.05) is 10.9 Å². The smallest absolute Gasteiger partial charge is 0.320 e. The van der Waals surface area contributed by atoms with Crippen LogP contribution >= 0.6 is 11.3 Å². The third-order valence-electron chi connectivity index (χ3n) is 3.08. The molecule has 2 amide bonds. The second-order valence-corrected chi connectivity index (χ2v) is 5.84. The van der Waals surface area contributed by atoms with Crippen molar-refractivity contribution in [2.45, 2.75) is 13.5 Å². The maximum absolute atomic E-state index is 12.0. The highest BCUT2D eigenvalue weighted by Crippen LogP contribution is 2.16. The Morgan fingerprint density at radius 2 is 2.05 bits per heavy atom. The van der Waals surface area contributed by atoms with Crippen LogP contribution in [0.15, 0.2) is 53.9 Å². The van der Waals surface area contributed by atoms with Gasteiger partial charge in [-0.25, -0.2) is 9.48 Å². The van der Waals surface area contributed by atoms with Crippen LogP contribution in [0.4, 0.5) is 10.6 Å². The van der Waals surface area contributed by atoms with Gasteiger partial charge in [-0.15, -0.1) is 11.3 Å². The summed E-state index contributed by atoms with van der Waals surface area (Å²) in [4.78, 5) is 13.2. The maximum atomic E-state index is 12.0. The second kappa shape index (κ2) is 6.44. The summed E-state index contributed by atoms with van der Waals surface area (Å²) < 4.78 is 1.72. The fraction of sp³-hybridized carbons (Fsp3) is 0.125. The van der Waals surface area contributed by atoms with E-state index in [1.54, 1.807) is 16.0 Å². The topological polar surface area (TPSA) is 59.0 Å². The van der Waals surface area contributed by atoms with Crippen molar-refractivity contribution < 1.29 is 4.79 Å². The average Bonchev–Trinajstić information content (AvgIpc) is 3.16. The van der Waals surface area contributed by atoms with Gasteiger partial charge in [0.1, 0.15) is 5.82 Å². The third kappa shape index (κ3) is 3.35. The second-order valence-electron chi connectivity index (χ2n) is 4.81. The first-order valence-electron chi connectivity index (χ1n) is 6.92. The number of hydrogen-bond donors (Lipinski definition) is 2. The number of hydrogen-bond acceptors (Lipinski definition) is 3. The van der Waals surface area contributed by atoms with E-state index in [4.69, 9.17) is 0 Å². The molecule has 0 aliphatic carbocycles. The zero-order valence-corrected chi connectivity index (χ0v) is 12.9. The zero-order valence-electron chi connectivity index (χ0n) is 12.1. The minimum atomic E-state index is -0.245. The van der Waals surface area contributed by atoms with E-state index in [1.165, 1.54) is 0 Å². The van der Waals surface area contributed by atoms with Gasteiger partial charge in [0.25, 0.3) is 0 Å². The number of anilines is 1. The highest BCUT2D eigenvalue weighted by molar-refractivity contribution is 7.09. The van der Waals surface area contributed by atoms with Crippen LogP contribution in [-0.2, 0) is 6.54 Å². The van der Waals surface area contributed by atoms with Crippen molar-refractivity contribution in [1.82, 2.24) is 15.1 Å². The molecule has 2 aromatic heterocycles. The lowest BCUT2D eigenvalue weighted by molar-refractivity contribution is 0.251. The van der Waals surface area contributed by atoms with Crippen molar-refractivity contribution in [1.29, 1.82) is 0 Å². The summed E-state index contributed by atoms with van der Waals surface area (Å²) in [7, 11) is 0. The molecule has 0 bridgehead atoms. The number of carbonyl (C=O) groups is 1. The number of carbonyl (C=O) groups excluding carboxylic acids is 1. The number of amides is 2. The molecule has 6 heteroatoms. The Morgan fingerprint density at radius 1 is 1.23 bits per heavy atom. The van der Waals surface area contributed by atoms with Crippen LogP contribution in [0.2, 0.25) is 0 Å². The summed E-state index contributed by atoms with van der Waals surface area (Å²) in [6.07, 6.45) is 0. The van der Waals surface area contributed by atoms with Gasteiger partial charge >= 0.3 is 6.03 Å². The highest BCUT2D eigenvalue weighted by Gasteiger charge is 2.10. The van der Waals surface area contributed by atoms with E-state index in [1.807, 2.05) is 60.8 Å². The van der Waals surface area contributed by atoms with Crippen molar-refractivity contribution >= 4 is 23.2 Å². The largest absolute Gasteiger partial charge is 0.333 e. The van der Waals surface area contributed by atoms with Gasteiger partial charge < -0.3 is 5.32 Å². The van der Waals surface area contributed by atoms with E-state index in [0.717, 1.165) is 16.3 Å². The Hall–Kier alpha value is -2.60. The first kappa shape index (κ1) is 14.3. The minimum absolute atomic E-state index is 0.245. The van der Waals surface area contributed by atoms with E-state index < -0.39 is 0 Å². The van der Waals surface area contributed by atoms with Crippen LogP contribution in [0.25, 0.3) is 5.69 Å². The number of urea groups is 1. The van der Waals surface area contributed by atoms with Gasteiger partial charge in [0.2, 0.25) is 0 Å². The van der Waals surface area contributed by atoms with Crippen molar-refractivity contribution in [3.05, 3.63) is 64.5 Å². The summed E-state index contributed by atoms with van der Waals surface area (Å²) in [5, 5.41) is 12.1. The lowest BCUT2D eigenvalue weighted by Crippen LogP contribution is -2.28. The molecule has 0 atom stereocenters. The summed E-state index contributed by atoms with van der Waals surface area (Å²) in [5.41, 5.74) is 1.75. The maximum Gasteiger partial charge on any atom is 0.320 e. The van der Waals surface area contributed by atoms with Gasteiger partial charge in [-0.2, -0.15) is 5.10 Å². The Kier molecular flexibility index (Phi) is 4.20. The molecule has 0 unspecified atom stereocenters. The number of thiophene rings is 1. The molecule has 0 saturated carbocycles. The van der Waals surface area contributed by atoms with Crippen LogP contribution < -0.4 is 10.6 Å². The molecule has 0 aliphatic heterocycles. The number of benzene rings is 1. The fourth-order valence-corrected chi connectivity index (χ4v) is 2.74. The van der Waals surface area contributed by atoms with E-state index >= 15 is 0 Å². The Morgan fingerprint density at radius 3 is 2.77 bits per heavy atom. The van der Waals surface area contributed by atoms with Crippen LogP contribution in [0.1, 0.15) is 10.6 Å². The number of para-hydroxylation sites is 1. The molecule has 3 rings (SSSR count). The highest BCUT2D eigenvalue weighted by atomic mass is 32.1. The third-order valence-corrected chi connectivity index (χ3v) is 3.95. The normalized spacial score (nSPS) is 10.4. The molecule has 112 valence electrons. The Labute approximate surface area is 132 Å². The van der Waals surface area contributed by atoms with Gasteiger partial charge in [-0.05, 0) is 30.5 Å². The molecule has 2 heterocycles. The fourth-order valence-electron chi connectivity index (χ4n) is 2.10. The van der Waals surface area contributed by atoms with E-state index in [2.05, 4.69) is 15.7 Å². The molecule has 2 N–H and O–H groups in total. The summed E-state index contributed by atoms with van der Waals surface area (Å²) >= 11 is 1.62. The number of aryl methyl sites for hydroxylation is 1. The number of nitrogens with zero attached hydrogens (tertiary/aromatic N) is 2. The molecular weight excluding hydrogens is 296 g/mol. The van der Waals surface area contributed by atoms with Crippen LogP contribution in [0.3, 0.4) is 0 Å². The first-order chi connectivity index (χ1) is 10.7. The van der Waals surface area contributed by atoms with Gasteiger partial charge in [0.15, 0.2) is 0 Å².